The summed E-state index contributed by atoms with van der Waals surface area (Å²) in [6.07, 6.45) is -0.701. The highest BCUT2D eigenvalue weighted by Gasteiger charge is 2.05. The molecule has 0 aliphatic carbocycles. The molecule has 1 aromatic rings. The number of hydrogen-bond acceptors (Lipinski definition) is 2. The van der Waals surface area contributed by atoms with Gasteiger partial charge in [0.25, 0.3) is 0 Å². The lowest BCUT2D eigenvalue weighted by molar-refractivity contribution is 0.189. The van der Waals surface area contributed by atoms with Crippen LogP contribution in [-0.2, 0) is 4.74 Å². The minimum atomic E-state index is -0.701. The number of halogens is 1. The maximum absolute atomic E-state index is 12.9. The van der Waals surface area contributed by atoms with E-state index < -0.39 is 11.9 Å². The van der Waals surface area contributed by atoms with Gasteiger partial charge in [-0.3, -0.25) is 5.32 Å². The Bertz CT molecular complexity index is 301. The van der Waals surface area contributed by atoms with E-state index in [4.69, 9.17) is 0 Å². The molecule has 1 aromatic carbocycles. The zero-order valence-corrected chi connectivity index (χ0v) is 7.08. The van der Waals surface area contributed by atoms with Gasteiger partial charge in [0.05, 0.1) is 5.69 Å². The van der Waals surface area contributed by atoms with Crippen LogP contribution in [0.5, 0.6) is 0 Å². The first kappa shape index (κ1) is 9.51. The van der Waals surface area contributed by atoms with Gasteiger partial charge in [0.1, 0.15) is 12.4 Å². The van der Waals surface area contributed by atoms with Crippen molar-refractivity contribution in [1.29, 1.82) is 0 Å². The van der Waals surface area contributed by atoms with Crippen LogP contribution in [0.2, 0.25) is 0 Å². The third-order valence-electron chi connectivity index (χ3n) is 1.34. The Hall–Kier alpha value is -1.58. The molecule has 0 aliphatic rings. The molecule has 3 nitrogen and oxygen atoms in total. The van der Waals surface area contributed by atoms with Crippen molar-refractivity contribution in [2.75, 3.05) is 5.32 Å². The van der Waals surface area contributed by atoms with E-state index in [1.54, 1.807) is 13.0 Å². The minimum Gasteiger partial charge on any atom is -0.442 e. The second kappa shape index (κ2) is 4.45. The van der Waals surface area contributed by atoms with Crippen molar-refractivity contribution < 1.29 is 13.9 Å². The number of nitrogens with one attached hydrogen (secondary N) is 1. The molecule has 0 atom stereocenters. The number of amides is 1. The van der Waals surface area contributed by atoms with Crippen LogP contribution in [0.3, 0.4) is 0 Å². The molecule has 4 heteroatoms. The van der Waals surface area contributed by atoms with E-state index in [1.807, 2.05) is 0 Å². The number of anilines is 1. The van der Waals surface area contributed by atoms with Crippen LogP contribution in [0.4, 0.5) is 14.9 Å². The molecule has 69 valence electrons. The molecule has 1 radical (unpaired) electrons. The van der Waals surface area contributed by atoms with Crippen LogP contribution in [0.25, 0.3) is 0 Å². The standard InChI is InChI=1S/C9H9FNO2/c1-2-13-9(12)11-8-6-4-3-5-7(8)10/h2-6H,1H3,(H,11,12). The normalized spacial score (nSPS) is 9.38. The Morgan fingerprint density at radius 2 is 2.23 bits per heavy atom. The largest absolute Gasteiger partial charge is 0.442 e. The summed E-state index contributed by atoms with van der Waals surface area (Å²) >= 11 is 0. The van der Waals surface area contributed by atoms with Crippen molar-refractivity contribution in [2.45, 2.75) is 6.92 Å². The lowest BCUT2D eigenvalue weighted by atomic mass is 10.3. The van der Waals surface area contributed by atoms with Gasteiger partial charge in [-0.2, -0.15) is 0 Å². The number of hydrogen-bond donors (Lipinski definition) is 1. The van der Waals surface area contributed by atoms with Crippen molar-refractivity contribution >= 4 is 11.8 Å². The molecule has 1 N–H and O–H groups in total. The fourth-order valence-corrected chi connectivity index (χ4v) is 0.809. The van der Waals surface area contributed by atoms with Crippen LogP contribution in [-0.4, -0.2) is 6.09 Å². The summed E-state index contributed by atoms with van der Waals surface area (Å²) in [6.45, 7) is 2.77. The summed E-state index contributed by atoms with van der Waals surface area (Å²) in [5, 5.41) is 2.24. The molecule has 0 aromatic heterocycles. The molecule has 0 spiro atoms. The summed E-state index contributed by atoms with van der Waals surface area (Å²) in [5.41, 5.74) is 0.106. The van der Waals surface area contributed by atoms with Gasteiger partial charge in [0.15, 0.2) is 0 Å². The number of benzene rings is 1. The maximum Gasteiger partial charge on any atom is 0.412 e. The quantitative estimate of drug-likeness (QED) is 0.763. The molecule has 1 rings (SSSR count). The van der Waals surface area contributed by atoms with Crippen molar-refractivity contribution in [3.63, 3.8) is 0 Å². The molecule has 0 saturated heterocycles. The molecular weight excluding hydrogens is 173 g/mol. The van der Waals surface area contributed by atoms with Crippen molar-refractivity contribution in [1.82, 2.24) is 0 Å². The average molecular weight is 182 g/mol. The van der Waals surface area contributed by atoms with Crippen LogP contribution < -0.4 is 5.32 Å². The summed E-state index contributed by atoms with van der Waals surface area (Å²) in [5.74, 6) is -0.490. The van der Waals surface area contributed by atoms with E-state index in [9.17, 15) is 9.18 Å². The molecule has 0 aliphatic heterocycles. The fraction of sp³-hybridized carbons (Fsp3) is 0.111. The van der Waals surface area contributed by atoms with E-state index in [2.05, 4.69) is 10.1 Å². The molecule has 0 heterocycles. The number of ether oxygens (including phenoxy) is 1. The first-order chi connectivity index (χ1) is 6.24. The lowest BCUT2D eigenvalue weighted by Gasteiger charge is -2.04. The molecule has 0 bridgehead atoms. The van der Waals surface area contributed by atoms with Gasteiger partial charge in [0.2, 0.25) is 0 Å². The van der Waals surface area contributed by atoms with Gasteiger partial charge >= 0.3 is 6.09 Å². The SMILES string of the molecule is C[CH]OC(=O)Nc1ccccc1F. The highest BCUT2D eigenvalue weighted by atomic mass is 19.1. The number of carbonyl (C=O) groups is 1. The average Bonchev–Trinajstić information content (AvgIpc) is 2.09. The van der Waals surface area contributed by atoms with Crippen molar-refractivity contribution in [3.8, 4) is 0 Å². The van der Waals surface area contributed by atoms with Gasteiger partial charge in [-0.05, 0) is 19.1 Å². The summed E-state index contributed by atoms with van der Waals surface area (Å²) in [7, 11) is 0. The number of carbonyl (C=O) groups excluding carboxylic acids is 1. The molecule has 1 amide bonds. The summed E-state index contributed by atoms with van der Waals surface area (Å²) in [4.78, 5) is 10.8. The second-order valence-electron chi connectivity index (χ2n) is 2.25. The Labute approximate surface area is 75.5 Å². The molecule has 0 unspecified atom stereocenters. The third-order valence-corrected chi connectivity index (χ3v) is 1.34. The van der Waals surface area contributed by atoms with Gasteiger partial charge in [-0.15, -0.1) is 0 Å². The molecule has 13 heavy (non-hydrogen) atoms. The zero-order chi connectivity index (χ0) is 9.68. The summed E-state index contributed by atoms with van der Waals surface area (Å²) in [6, 6.07) is 5.86. The van der Waals surface area contributed by atoms with E-state index >= 15 is 0 Å². The number of para-hydroxylation sites is 1. The van der Waals surface area contributed by atoms with Gasteiger partial charge in [-0.25, -0.2) is 9.18 Å². The van der Waals surface area contributed by atoms with Crippen LogP contribution in [0.1, 0.15) is 6.92 Å². The Morgan fingerprint density at radius 1 is 1.54 bits per heavy atom. The van der Waals surface area contributed by atoms with Crippen LogP contribution in [0, 0.1) is 12.4 Å². The van der Waals surface area contributed by atoms with E-state index in [1.165, 1.54) is 24.8 Å². The number of rotatable bonds is 2. The molecule has 0 fully saturated rings. The first-order valence-electron chi connectivity index (χ1n) is 3.74. The monoisotopic (exact) mass is 182 g/mol. The molecular formula is C9H9FNO2. The van der Waals surface area contributed by atoms with Gasteiger partial charge in [0, 0.05) is 0 Å². The predicted octanol–water partition coefficient (Wildman–Crippen LogP) is 2.56. The summed E-state index contributed by atoms with van der Waals surface area (Å²) < 4.78 is 17.4. The lowest BCUT2D eigenvalue weighted by Crippen LogP contribution is -2.12. The van der Waals surface area contributed by atoms with Gasteiger partial charge < -0.3 is 4.74 Å². The topological polar surface area (TPSA) is 38.3 Å². The second-order valence-corrected chi connectivity index (χ2v) is 2.25. The van der Waals surface area contributed by atoms with Crippen molar-refractivity contribution in [2.24, 2.45) is 0 Å². The minimum absolute atomic E-state index is 0.106. The third kappa shape index (κ3) is 2.74. The highest BCUT2D eigenvalue weighted by molar-refractivity contribution is 5.84. The predicted molar refractivity (Wildman–Crippen MR) is 46.5 cm³/mol. The van der Waals surface area contributed by atoms with E-state index in [-0.39, 0.29) is 5.69 Å². The maximum atomic E-state index is 12.9. The Kier molecular flexibility index (Phi) is 3.25. The highest BCUT2D eigenvalue weighted by Crippen LogP contribution is 2.12. The Morgan fingerprint density at radius 3 is 2.85 bits per heavy atom. The zero-order valence-electron chi connectivity index (χ0n) is 7.08. The smallest absolute Gasteiger partial charge is 0.412 e. The van der Waals surface area contributed by atoms with E-state index in [0.29, 0.717) is 0 Å². The van der Waals surface area contributed by atoms with Crippen LogP contribution >= 0.6 is 0 Å². The van der Waals surface area contributed by atoms with E-state index in [0.717, 1.165) is 0 Å². The first-order valence-corrected chi connectivity index (χ1v) is 3.74. The van der Waals surface area contributed by atoms with Crippen LogP contribution in [0.15, 0.2) is 24.3 Å². The van der Waals surface area contributed by atoms with Crippen molar-refractivity contribution in [3.05, 3.63) is 36.7 Å². The Balaban J connectivity index is 2.63. The fourth-order valence-electron chi connectivity index (χ4n) is 0.809. The molecule has 0 saturated carbocycles. The van der Waals surface area contributed by atoms with Gasteiger partial charge in [-0.1, -0.05) is 12.1 Å².